The maximum Gasteiger partial charge on any atom is 0.245 e. The second-order valence-electron chi connectivity index (χ2n) is 4.90. The third-order valence-corrected chi connectivity index (χ3v) is 2.48. The predicted molar refractivity (Wildman–Crippen MR) is 58.2 cm³/mol. The van der Waals surface area contributed by atoms with E-state index in [1.165, 1.54) is 0 Å². The molecular formula is C11H20N2O2. The zero-order chi connectivity index (χ0) is 11.6. The summed E-state index contributed by atoms with van der Waals surface area (Å²) in [6.07, 6.45) is 0. The third kappa shape index (κ3) is 2.94. The van der Waals surface area contributed by atoms with E-state index in [1.54, 1.807) is 4.90 Å². The third-order valence-electron chi connectivity index (χ3n) is 2.48. The van der Waals surface area contributed by atoms with E-state index in [9.17, 15) is 9.59 Å². The minimum absolute atomic E-state index is 0.0473. The lowest BCUT2D eigenvalue weighted by molar-refractivity contribution is -0.146. The van der Waals surface area contributed by atoms with Crippen molar-refractivity contribution in [3.63, 3.8) is 0 Å². The maximum atomic E-state index is 12.0. The highest BCUT2D eigenvalue weighted by Gasteiger charge is 2.34. The van der Waals surface area contributed by atoms with Crippen LogP contribution in [-0.4, -0.2) is 35.8 Å². The van der Waals surface area contributed by atoms with Crippen LogP contribution in [0.3, 0.4) is 0 Å². The van der Waals surface area contributed by atoms with Crippen molar-refractivity contribution in [2.75, 3.05) is 13.1 Å². The van der Waals surface area contributed by atoms with Gasteiger partial charge < -0.3 is 10.2 Å². The summed E-state index contributed by atoms with van der Waals surface area (Å²) < 4.78 is 0. The summed E-state index contributed by atoms with van der Waals surface area (Å²) in [6, 6.07) is -0.343. The van der Waals surface area contributed by atoms with Gasteiger partial charge in [0.15, 0.2) is 0 Å². The minimum Gasteiger partial charge on any atom is -0.343 e. The van der Waals surface area contributed by atoms with Gasteiger partial charge >= 0.3 is 0 Å². The van der Waals surface area contributed by atoms with Crippen LogP contribution in [0.5, 0.6) is 0 Å². The quantitative estimate of drug-likeness (QED) is 0.745. The van der Waals surface area contributed by atoms with E-state index in [0.29, 0.717) is 12.5 Å². The van der Waals surface area contributed by atoms with Crippen LogP contribution in [0.4, 0.5) is 0 Å². The molecule has 1 unspecified atom stereocenters. The van der Waals surface area contributed by atoms with Crippen LogP contribution < -0.4 is 5.32 Å². The number of amides is 2. The van der Waals surface area contributed by atoms with Gasteiger partial charge in [0.1, 0.15) is 6.04 Å². The van der Waals surface area contributed by atoms with Crippen molar-refractivity contribution in [2.45, 2.75) is 33.7 Å². The zero-order valence-corrected chi connectivity index (χ0v) is 9.91. The molecule has 4 nitrogen and oxygen atoms in total. The molecule has 0 bridgehead atoms. The summed E-state index contributed by atoms with van der Waals surface area (Å²) in [5.74, 6) is 0.552. The summed E-state index contributed by atoms with van der Waals surface area (Å²) in [4.78, 5) is 25.0. The first kappa shape index (κ1) is 12.0. The molecule has 0 aromatic heterocycles. The Morgan fingerprint density at radius 3 is 2.40 bits per heavy atom. The van der Waals surface area contributed by atoms with Crippen LogP contribution in [0.1, 0.15) is 27.7 Å². The Morgan fingerprint density at radius 1 is 1.33 bits per heavy atom. The first-order valence-corrected chi connectivity index (χ1v) is 5.50. The first-order chi connectivity index (χ1) is 6.91. The molecule has 0 aromatic carbocycles. The molecule has 1 N–H and O–H groups in total. The smallest absolute Gasteiger partial charge is 0.245 e. The maximum absolute atomic E-state index is 12.0. The number of hydrogen-bond donors (Lipinski definition) is 1. The van der Waals surface area contributed by atoms with E-state index in [0.717, 1.165) is 0 Å². The monoisotopic (exact) mass is 212 g/mol. The second kappa shape index (κ2) is 4.64. The molecule has 1 saturated heterocycles. The van der Waals surface area contributed by atoms with Crippen molar-refractivity contribution in [3.8, 4) is 0 Å². The van der Waals surface area contributed by atoms with Crippen molar-refractivity contribution in [1.29, 1.82) is 0 Å². The SMILES string of the molecule is CC(C)CN1CC(=O)NC(C(C)C)C1=O. The number of carbonyl (C=O) groups is 2. The van der Waals surface area contributed by atoms with Crippen LogP contribution in [-0.2, 0) is 9.59 Å². The van der Waals surface area contributed by atoms with Gasteiger partial charge in [0.05, 0.1) is 6.54 Å². The number of hydrogen-bond acceptors (Lipinski definition) is 2. The number of carbonyl (C=O) groups excluding carboxylic acids is 2. The van der Waals surface area contributed by atoms with E-state index in [2.05, 4.69) is 5.32 Å². The summed E-state index contributed by atoms with van der Waals surface area (Å²) in [5.41, 5.74) is 0. The van der Waals surface area contributed by atoms with E-state index < -0.39 is 0 Å². The highest BCUT2D eigenvalue weighted by Crippen LogP contribution is 2.12. The van der Waals surface area contributed by atoms with Crippen molar-refractivity contribution in [1.82, 2.24) is 10.2 Å². The Labute approximate surface area is 91.0 Å². The molecule has 1 aliphatic heterocycles. The minimum atomic E-state index is -0.343. The van der Waals surface area contributed by atoms with Gasteiger partial charge in [0, 0.05) is 6.54 Å². The molecule has 86 valence electrons. The largest absolute Gasteiger partial charge is 0.343 e. The van der Waals surface area contributed by atoms with Gasteiger partial charge in [0.25, 0.3) is 0 Å². The molecular weight excluding hydrogens is 192 g/mol. The lowest BCUT2D eigenvalue weighted by Crippen LogP contribution is -2.60. The van der Waals surface area contributed by atoms with Crippen LogP contribution in [0, 0.1) is 11.8 Å². The Morgan fingerprint density at radius 2 is 1.93 bits per heavy atom. The van der Waals surface area contributed by atoms with Gasteiger partial charge in [-0.3, -0.25) is 9.59 Å². The molecule has 15 heavy (non-hydrogen) atoms. The van der Waals surface area contributed by atoms with Crippen molar-refractivity contribution < 1.29 is 9.59 Å². The predicted octanol–water partition coefficient (Wildman–Crippen LogP) is 0.625. The Bertz CT molecular complexity index is 261. The highest BCUT2D eigenvalue weighted by atomic mass is 16.2. The molecule has 1 atom stereocenters. The molecule has 1 heterocycles. The lowest BCUT2D eigenvalue weighted by Gasteiger charge is -2.35. The van der Waals surface area contributed by atoms with Crippen molar-refractivity contribution in [3.05, 3.63) is 0 Å². The van der Waals surface area contributed by atoms with E-state index in [-0.39, 0.29) is 30.3 Å². The number of nitrogens with zero attached hydrogens (tertiary/aromatic N) is 1. The summed E-state index contributed by atoms with van der Waals surface area (Å²) in [7, 11) is 0. The fourth-order valence-electron chi connectivity index (χ4n) is 1.78. The fraction of sp³-hybridized carbons (Fsp3) is 0.818. The molecule has 0 spiro atoms. The second-order valence-corrected chi connectivity index (χ2v) is 4.90. The summed E-state index contributed by atoms with van der Waals surface area (Å²) in [6.45, 7) is 8.85. The van der Waals surface area contributed by atoms with Gasteiger partial charge in [-0.15, -0.1) is 0 Å². The Hall–Kier alpha value is -1.06. The molecule has 4 heteroatoms. The zero-order valence-electron chi connectivity index (χ0n) is 9.91. The van der Waals surface area contributed by atoms with E-state index in [1.807, 2.05) is 27.7 Å². The van der Waals surface area contributed by atoms with Gasteiger partial charge in [-0.1, -0.05) is 27.7 Å². The average molecular weight is 212 g/mol. The van der Waals surface area contributed by atoms with Crippen LogP contribution in [0.2, 0.25) is 0 Å². The van der Waals surface area contributed by atoms with Crippen molar-refractivity contribution >= 4 is 11.8 Å². The lowest BCUT2D eigenvalue weighted by atomic mass is 10.00. The van der Waals surface area contributed by atoms with E-state index in [4.69, 9.17) is 0 Å². The van der Waals surface area contributed by atoms with Crippen molar-refractivity contribution in [2.24, 2.45) is 11.8 Å². The molecule has 2 amide bonds. The van der Waals surface area contributed by atoms with Crippen LogP contribution in [0.25, 0.3) is 0 Å². The number of piperazine rings is 1. The molecule has 0 radical (unpaired) electrons. The molecule has 0 aromatic rings. The first-order valence-electron chi connectivity index (χ1n) is 5.50. The fourth-order valence-corrected chi connectivity index (χ4v) is 1.78. The topological polar surface area (TPSA) is 49.4 Å². The number of nitrogens with one attached hydrogen (secondary N) is 1. The molecule has 1 rings (SSSR count). The van der Waals surface area contributed by atoms with Gasteiger partial charge in [-0.25, -0.2) is 0 Å². The van der Waals surface area contributed by atoms with E-state index >= 15 is 0 Å². The Balaban J connectivity index is 2.72. The number of rotatable bonds is 3. The summed E-state index contributed by atoms with van der Waals surface area (Å²) in [5, 5.41) is 2.74. The molecule has 0 saturated carbocycles. The molecule has 1 aliphatic rings. The van der Waals surface area contributed by atoms with Crippen LogP contribution >= 0.6 is 0 Å². The van der Waals surface area contributed by atoms with Gasteiger partial charge in [-0.2, -0.15) is 0 Å². The molecule has 0 aliphatic carbocycles. The normalized spacial score (nSPS) is 22.5. The van der Waals surface area contributed by atoms with Crippen LogP contribution in [0.15, 0.2) is 0 Å². The Kier molecular flexibility index (Phi) is 3.72. The molecule has 1 fully saturated rings. The standard InChI is InChI=1S/C11H20N2O2/c1-7(2)5-13-6-9(14)12-10(8(3)4)11(13)15/h7-8,10H,5-6H2,1-4H3,(H,12,14). The average Bonchev–Trinajstić information content (AvgIpc) is 2.09. The summed E-state index contributed by atoms with van der Waals surface area (Å²) >= 11 is 0. The highest BCUT2D eigenvalue weighted by molar-refractivity contribution is 5.94. The van der Waals surface area contributed by atoms with Gasteiger partial charge in [0.2, 0.25) is 11.8 Å². The van der Waals surface area contributed by atoms with Gasteiger partial charge in [-0.05, 0) is 11.8 Å².